The highest BCUT2D eigenvalue weighted by Crippen LogP contribution is 2.26. The first-order valence-corrected chi connectivity index (χ1v) is 7.48. The fraction of sp³-hybridized carbons (Fsp3) is 0.300. The van der Waals surface area contributed by atoms with Gasteiger partial charge in [0.15, 0.2) is 0 Å². The van der Waals surface area contributed by atoms with Crippen molar-refractivity contribution in [3.05, 3.63) is 34.1 Å². The molecule has 1 unspecified atom stereocenters. The number of benzene rings is 1. The molecular weight excluding hydrogens is 388 g/mol. The van der Waals surface area contributed by atoms with Crippen molar-refractivity contribution < 1.29 is 40.1 Å². The summed E-state index contributed by atoms with van der Waals surface area (Å²) in [5.41, 5.74) is -0.556. The van der Waals surface area contributed by atoms with E-state index in [1.54, 1.807) is 0 Å². The fourth-order valence-electron chi connectivity index (χ4n) is 1.23. The van der Waals surface area contributed by atoms with Crippen LogP contribution in [0.4, 0.5) is 17.6 Å². The molecule has 1 aromatic rings. The standard InChI is InChI=1S/C10H7BrF4O5S/c11-7-2-1-5(12)3-6(7)9(16)20-8(10(13,14)15)4-21(17,18)19/h1-3,8H,4H2,(H,17,18,19). The van der Waals surface area contributed by atoms with Gasteiger partial charge in [-0.05, 0) is 34.1 Å². The van der Waals surface area contributed by atoms with Crippen LogP contribution >= 0.6 is 15.9 Å². The lowest BCUT2D eigenvalue weighted by molar-refractivity contribution is -0.197. The minimum absolute atomic E-state index is 0.0401. The van der Waals surface area contributed by atoms with Gasteiger partial charge in [0, 0.05) is 4.47 Å². The summed E-state index contributed by atoms with van der Waals surface area (Å²) in [6.07, 6.45) is -8.29. The van der Waals surface area contributed by atoms with Crippen LogP contribution in [0.2, 0.25) is 0 Å². The summed E-state index contributed by atoms with van der Waals surface area (Å²) in [5, 5.41) is 0. The third kappa shape index (κ3) is 5.59. The normalized spacial score (nSPS) is 13.8. The molecule has 0 aliphatic heterocycles. The molecular formula is C10H7BrF4O5S. The van der Waals surface area contributed by atoms with Crippen LogP contribution < -0.4 is 0 Å². The van der Waals surface area contributed by atoms with Gasteiger partial charge in [-0.15, -0.1) is 0 Å². The Bertz CT molecular complexity index is 643. The highest BCUT2D eigenvalue weighted by molar-refractivity contribution is 9.10. The average Bonchev–Trinajstić information content (AvgIpc) is 2.28. The molecule has 1 aromatic carbocycles. The molecule has 11 heteroatoms. The van der Waals surface area contributed by atoms with Crippen LogP contribution in [0.5, 0.6) is 0 Å². The molecule has 0 bridgehead atoms. The number of carbonyl (C=O) groups excluding carboxylic acids is 1. The van der Waals surface area contributed by atoms with E-state index in [1.165, 1.54) is 0 Å². The topological polar surface area (TPSA) is 80.7 Å². The average molecular weight is 395 g/mol. The quantitative estimate of drug-likeness (QED) is 0.482. The summed E-state index contributed by atoms with van der Waals surface area (Å²) in [4.78, 5) is 11.6. The van der Waals surface area contributed by atoms with Crippen LogP contribution in [0.3, 0.4) is 0 Å². The van der Waals surface area contributed by atoms with E-state index >= 15 is 0 Å². The largest absolute Gasteiger partial charge is 0.448 e. The third-order valence-electron chi connectivity index (χ3n) is 2.12. The first kappa shape index (κ1) is 17.9. The van der Waals surface area contributed by atoms with E-state index < -0.39 is 45.5 Å². The summed E-state index contributed by atoms with van der Waals surface area (Å²) >= 11 is 2.82. The summed E-state index contributed by atoms with van der Waals surface area (Å²) in [7, 11) is -5.04. The molecule has 0 aliphatic rings. The molecule has 0 saturated carbocycles. The number of ether oxygens (including phenoxy) is 1. The van der Waals surface area contributed by atoms with Gasteiger partial charge in [0.2, 0.25) is 6.10 Å². The van der Waals surface area contributed by atoms with E-state index in [4.69, 9.17) is 4.55 Å². The summed E-state index contributed by atoms with van der Waals surface area (Å²) in [6.45, 7) is 0. The van der Waals surface area contributed by atoms with Crippen LogP contribution in [0.1, 0.15) is 10.4 Å². The molecule has 0 aliphatic carbocycles. The van der Waals surface area contributed by atoms with Gasteiger partial charge in [0.05, 0.1) is 5.56 Å². The number of esters is 1. The highest BCUT2D eigenvalue weighted by atomic mass is 79.9. The molecule has 0 saturated heterocycles. The molecule has 0 radical (unpaired) electrons. The Morgan fingerprint density at radius 1 is 1.38 bits per heavy atom. The van der Waals surface area contributed by atoms with Gasteiger partial charge in [-0.25, -0.2) is 9.18 Å². The predicted octanol–water partition coefficient (Wildman–Crippen LogP) is 2.56. The Labute approximate surface area is 124 Å². The van der Waals surface area contributed by atoms with Crippen molar-refractivity contribution in [1.82, 2.24) is 0 Å². The van der Waals surface area contributed by atoms with Crippen molar-refractivity contribution in [1.29, 1.82) is 0 Å². The number of halogens is 5. The zero-order chi connectivity index (χ0) is 16.4. The van der Waals surface area contributed by atoms with Crippen LogP contribution in [0.25, 0.3) is 0 Å². The molecule has 0 fully saturated rings. The van der Waals surface area contributed by atoms with Gasteiger partial charge < -0.3 is 4.74 Å². The van der Waals surface area contributed by atoms with Crippen molar-refractivity contribution in [2.24, 2.45) is 0 Å². The fourth-order valence-corrected chi connectivity index (χ4v) is 2.28. The van der Waals surface area contributed by atoms with Gasteiger partial charge in [-0.3, -0.25) is 4.55 Å². The number of rotatable bonds is 4. The van der Waals surface area contributed by atoms with Gasteiger partial charge in [0.1, 0.15) is 11.6 Å². The molecule has 5 nitrogen and oxygen atoms in total. The molecule has 0 aromatic heterocycles. The second-order valence-corrected chi connectivity index (χ2v) is 6.16. The van der Waals surface area contributed by atoms with E-state index in [-0.39, 0.29) is 4.47 Å². The number of alkyl halides is 3. The first-order chi connectivity index (χ1) is 9.40. The summed E-state index contributed by atoms with van der Waals surface area (Å²) < 4.78 is 84.1. The van der Waals surface area contributed by atoms with Gasteiger partial charge in [-0.1, -0.05) is 0 Å². The smallest absolute Gasteiger partial charge is 0.426 e. The molecule has 1 atom stereocenters. The maximum atomic E-state index is 13.0. The van der Waals surface area contributed by atoms with Crippen molar-refractivity contribution in [3.8, 4) is 0 Å². The van der Waals surface area contributed by atoms with Gasteiger partial charge >= 0.3 is 12.1 Å². The van der Waals surface area contributed by atoms with Crippen LogP contribution in [-0.2, 0) is 14.9 Å². The SMILES string of the molecule is O=C(OC(CS(=O)(=O)O)C(F)(F)F)c1cc(F)ccc1Br. The predicted molar refractivity (Wildman–Crippen MR) is 65.8 cm³/mol. The highest BCUT2D eigenvalue weighted by Gasteiger charge is 2.45. The Kier molecular flexibility index (Phi) is 5.34. The second kappa shape index (κ2) is 6.28. The van der Waals surface area contributed by atoms with Gasteiger partial charge in [-0.2, -0.15) is 21.6 Å². The van der Waals surface area contributed by atoms with E-state index in [1.807, 2.05) is 0 Å². The Hall–Kier alpha value is -1.20. The van der Waals surface area contributed by atoms with Crippen molar-refractivity contribution in [2.45, 2.75) is 12.3 Å². The summed E-state index contributed by atoms with van der Waals surface area (Å²) in [5.74, 6) is -4.34. The monoisotopic (exact) mass is 394 g/mol. The van der Waals surface area contributed by atoms with Crippen molar-refractivity contribution in [2.75, 3.05) is 5.75 Å². The third-order valence-corrected chi connectivity index (χ3v) is 3.54. The Balaban J connectivity index is 3.03. The molecule has 1 rings (SSSR count). The number of carbonyl (C=O) groups is 1. The van der Waals surface area contributed by atoms with E-state index in [9.17, 15) is 30.8 Å². The zero-order valence-corrected chi connectivity index (χ0v) is 12.3. The Morgan fingerprint density at radius 3 is 2.43 bits per heavy atom. The second-order valence-electron chi connectivity index (χ2n) is 3.81. The van der Waals surface area contributed by atoms with E-state index in [0.717, 1.165) is 12.1 Å². The van der Waals surface area contributed by atoms with Gasteiger partial charge in [0.25, 0.3) is 10.1 Å². The number of hydrogen-bond donors (Lipinski definition) is 1. The Morgan fingerprint density at radius 2 is 1.95 bits per heavy atom. The molecule has 0 amide bonds. The molecule has 0 heterocycles. The maximum absolute atomic E-state index is 13.0. The maximum Gasteiger partial charge on any atom is 0.426 e. The molecule has 21 heavy (non-hydrogen) atoms. The minimum Gasteiger partial charge on any atom is -0.448 e. The lowest BCUT2D eigenvalue weighted by Gasteiger charge is -2.19. The van der Waals surface area contributed by atoms with Crippen LogP contribution in [0, 0.1) is 5.82 Å². The minimum atomic E-state index is -5.22. The lowest BCUT2D eigenvalue weighted by Crippen LogP contribution is -2.39. The number of hydrogen-bond acceptors (Lipinski definition) is 4. The van der Waals surface area contributed by atoms with Crippen LogP contribution in [0.15, 0.2) is 22.7 Å². The van der Waals surface area contributed by atoms with Crippen LogP contribution in [-0.4, -0.2) is 37.0 Å². The first-order valence-electron chi connectivity index (χ1n) is 5.08. The molecule has 118 valence electrons. The van der Waals surface area contributed by atoms with E-state index in [0.29, 0.717) is 6.07 Å². The zero-order valence-electron chi connectivity index (χ0n) is 9.89. The van der Waals surface area contributed by atoms with E-state index in [2.05, 4.69) is 20.7 Å². The van der Waals surface area contributed by atoms with Crippen molar-refractivity contribution in [3.63, 3.8) is 0 Å². The summed E-state index contributed by atoms with van der Waals surface area (Å²) in [6, 6.07) is 2.63. The molecule has 0 spiro atoms. The lowest BCUT2D eigenvalue weighted by atomic mass is 10.2. The molecule has 1 N–H and O–H groups in total. The van der Waals surface area contributed by atoms with Crippen molar-refractivity contribution >= 4 is 32.0 Å².